The normalized spacial score (nSPS) is 10.1. The van der Waals surface area contributed by atoms with Crippen molar-refractivity contribution in [3.8, 4) is 0 Å². The standard InChI is InChI=1S/C12H17NO4/c1-4-9-6-7-10(17-9)12(15)13(5-2)8-11(14)16-3/h6-7H,4-5,8H2,1-3H3. The molecule has 1 aromatic heterocycles. The Morgan fingerprint density at radius 1 is 1.35 bits per heavy atom. The van der Waals surface area contributed by atoms with E-state index in [1.165, 1.54) is 12.0 Å². The highest BCUT2D eigenvalue weighted by molar-refractivity contribution is 5.93. The summed E-state index contributed by atoms with van der Waals surface area (Å²) in [7, 11) is 1.29. The van der Waals surface area contributed by atoms with Crippen molar-refractivity contribution in [1.82, 2.24) is 4.90 Å². The molecular weight excluding hydrogens is 222 g/mol. The Hall–Kier alpha value is -1.78. The predicted molar refractivity (Wildman–Crippen MR) is 61.7 cm³/mol. The van der Waals surface area contributed by atoms with Crippen molar-refractivity contribution in [3.63, 3.8) is 0 Å². The number of carbonyl (C=O) groups excluding carboxylic acids is 2. The Kier molecular flexibility index (Phi) is 4.75. The van der Waals surface area contributed by atoms with E-state index >= 15 is 0 Å². The van der Waals surface area contributed by atoms with E-state index in [0.29, 0.717) is 6.54 Å². The molecule has 0 N–H and O–H groups in total. The maximum absolute atomic E-state index is 12.0. The molecule has 0 fully saturated rings. The molecule has 5 heteroatoms. The quantitative estimate of drug-likeness (QED) is 0.730. The predicted octanol–water partition coefficient (Wildman–Crippen LogP) is 1.48. The van der Waals surface area contributed by atoms with Crippen molar-refractivity contribution in [2.75, 3.05) is 20.2 Å². The number of likely N-dealkylation sites (N-methyl/N-ethyl adjacent to an activating group) is 1. The molecule has 1 aromatic rings. The van der Waals surface area contributed by atoms with Crippen LogP contribution in [0, 0.1) is 0 Å². The number of hydrogen-bond donors (Lipinski definition) is 0. The lowest BCUT2D eigenvalue weighted by Gasteiger charge is -2.17. The summed E-state index contributed by atoms with van der Waals surface area (Å²) >= 11 is 0. The zero-order valence-electron chi connectivity index (χ0n) is 10.4. The van der Waals surface area contributed by atoms with Crippen molar-refractivity contribution in [1.29, 1.82) is 0 Å². The summed E-state index contributed by atoms with van der Waals surface area (Å²) in [6.07, 6.45) is 0.733. The van der Waals surface area contributed by atoms with Gasteiger partial charge >= 0.3 is 5.97 Å². The highest BCUT2D eigenvalue weighted by Crippen LogP contribution is 2.11. The molecule has 94 valence electrons. The maximum Gasteiger partial charge on any atom is 0.325 e. The van der Waals surface area contributed by atoms with E-state index in [2.05, 4.69) is 4.74 Å². The highest BCUT2D eigenvalue weighted by Gasteiger charge is 2.20. The van der Waals surface area contributed by atoms with Crippen LogP contribution in [0.1, 0.15) is 30.2 Å². The first kappa shape index (κ1) is 13.3. The Morgan fingerprint density at radius 3 is 2.53 bits per heavy atom. The molecule has 0 saturated carbocycles. The van der Waals surface area contributed by atoms with Gasteiger partial charge < -0.3 is 14.1 Å². The molecule has 0 radical (unpaired) electrons. The largest absolute Gasteiger partial charge is 0.468 e. The zero-order chi connectivity index (χ0) is 12.8. The van der Waals surface area contributed by atoms with Gasteiger partial charge in [-0.1, -0.05) is 6.92 Å². The summed E-state index contributed by atoms with van der Waals surface area (Å²) in [6, 6.07) is 3.39. The average Bonchev–Trinajstić information content (AvgIpc) is 2.83. The number of nitrogens with zero attached hydrogens (tertiary/aromatic N) is 1. The molecule has 0 aliphatic rings. The Bertz CT molecular complexity index is 397. The molecule has 1 amide bonds. The number of aryl methyl sites for hydroxylation is 1. The molecule has 1 heterocycles. The number of esters is 1. The fourth-order valence-electron chi connectivity index (χ4n) is 1.39. The van der Waals surface area contributed by atoms with Gasteiger partial charge in [0.2, 0.25) is 0 Å². The number of carbonyl (C=O) groups is 2. The molecular formula is C12H17NO4. The monoisotopic (exact) mass is 239 g/mol. The second-order valence-electron chi connectivity index (χ2n) is 3.51. The van der Waals surface area contributed by atoms with Gasteiger partial charge in [-0.25, -0.2) is 0 Å². The lowest BCUT2D eigenvalue weighted by atomic mass is 10.3. The molecule has 1 rings (SSSR count). The lowest BCUT2D eigenvalue weighted by molar-refractivity contribution is -0.141. The Balaban J connectivity index is 2.75. The summed E-state index contributed by atoms with van der Waals surface area (Å²) in [4.78, 5) is 24.5. The fourth-order valence-corrected chi connectivity index (χ4v) is 1.39. The topological polar surface area (TPSA) is 59.8 Å². The highest BCUT2D eigenvalue weighted by atomic mass is 16.5. The van der Waals surface area contributed by atoms with Gasteiger partial charge in [0, 0.05) is 13.0 Å². The van der Waals surface area contributed by atoms with Gasteiger partial charge in [-0.05, 0) is 19.1 Å². The number of methoxy groups -OCH3 is 1. The molecule has 17 heavy (non-hydrogen) atoms. The molecule has 0 spiro atoms. The number of furan rings is 1. The molecule has 0 saturated heterocycles. The van der Waals surface area contributed by atoms with Crippen molar-refractivity contribution in [2.45, 2.75) is 20.3 Å². The molecule has 0 bridgehead atoms. The summed E-state index contributed by atoms with van der Waals surface area (Å²) < 4.78 is 9.88. The van der Waals surface area contributed by atoms with Crippen molar-refractivity contribution in [3.05, 3.63) is 23.7 Å². The van der Waals surface area contributed by atoms with Crippen LogP contribution in [0.25, 0.3) is 0 Å². The van der Waals surface area contributed by atoms with Crippen LogP contribution >= 0.6 is 0 Å². The van der Waals surface area contributed by atoms with Crippen LogP contribution in [0.2, 0.25) is 0 Å². The average molecular weight is 239 g/mol. The maximum atomic E-state index is 12.0. The van der Waals surface area contributed by atoms with Gasteiger partial charge in [0.15, 0.2) is 5.76 Å². The molecule has 0 aliphatic heterocycles. The first-order valence-electron chi connectivity index (χ1n) is 5.57. The van der Waals surface area contributed by atoms with E-state index in [4.69, 9.17) is 4.42 Å². The van der Waals surface area contributed by atoms with Crippen LogP contribution in [0.3, 0.4) is 0 Å². The molecule has 0 unspecified atom stereocenters. The molecule has 0 atom stereocenters. The Labute approximate surface area is 100 Å². The molecule has 0 aromatic carbocycles. The minimum Gasteiger partial charge on any atom is -0.468 e. The minimum atomic E-state index is -0.442. The van der Waals surface area contributed by atoms with Crippen LogP contribution in [0.4, 0.5) is 0 Å². The second-order valence-corrected chi connectivity index (χ2v) is 3.51. The number of ether oxygens (including phenoxy) is 1. The first-order valence-corrected chi connectivity index (χ1v) is 5.57. The SMILES string of the molecule is CCc1ccc(C(=O)N(CC)CC(=O)OC)o1. The second kappa shape index (κ2) is 6.08. The minimum absolute atomic E-state index is 0.0615. The van der Waals surface area contributed by atoms with Gasteiger partial charge in [-0.3, -0.25) is 9.59 Å². The molecule has 0 aliphatic carbocycles. The third-order valence-electron chi connectivity index (χ3n) is 2.44. The van der Waals surface area contributed by atoms with Crippen molar-refractivity contribution >= 4 is 11.9 Å². The van der Waals surface area contributed by atoms with E-state index in [-0.39, 0.29) is 18.2 Å². The fraction of sp³-hybridized carbons (Fsp3) is 0.500. The lowest BCUT2D eigenvalue weighted by Crippen LogP contribution is -2.35. The van der Waals surface area contributed by atoms with E-state index < -0.39 is 5.97 Å². The van der Waals surface area contributed by atoms with Crippen LogP contribution in [0.15, 0.2) is 16.5 Å². The van der Waals surface area contributed by atoms with E-state index in [1.807, 2.05) is 6.92 Å². The van der Waals surface area contributed by atoms with Crippen LogP contribution in [-0.2, 0) is 16.0 Å². The summed E-state index contributed by atoms with van der Waals surface area (Å²) in [5.74, 6) is 0.273. The molecule has 5 nitrogen and oxygen atoms in total. The van der Waals surface area contributed by atoms with E-state index in [1.54, 1.807) is 19.1 Å². The Morgan fingerprint density at radius 2 is 2.06 bits per heavy atom. The van der Waals surface area contributed by atoms with Crippen molar-refractivity contribution in [2.24, 2.45) is 0 Å². The number of rotatable bonds is 5. The number of hydrogen-bond acceptors (Lipinski definition) is 4. The number of amides is 1. The van der Waals surface area contributed by atoms with Gasteiger partial charge in [-0.2, -0.15) is 0 Å². The smallest absolute Gasteiger partial charge is 0.325 e. The summed E-state index contributed by atoms with van der Waals surface area (Å²) in [5, 5.41) is 0. The van der Waals surface area contributed by atoms with Gasteiger partial charge in [-0.15, -0.1) is 0 Å². The third-order valence-corrected chi connectivity index (χ3v) is 2.44. The van der Waals surface area contributed by atoms with E-state index in [0.717, 1.165) is 12.2 Å². The third kappa shape index (κ3) is 3.34. The first-order chi connectivity index (χ1) is 8.12. The summed E-state index contributed by atoms with van der Waals surface area (Å²) in [6.45, 7) is 4.10. The van der Waals surface area contributed by atoms with Gasteiger partial charge in [0.1, 0.15) is 12.3 Å². The van der Waals surface area contributed by atoms with Crippen molar-refractivity contribution < 1.29 is 18.7 Å². The van der Waals surface area contributed by atoms with Crippen LogP contribution in [0.5, 0.6) is 0 Å². The van der Waals surface area contributed by atoms with E-state index in [9.17, 15) is 9.59 Å². The van der Waals surface area contributed by atoms with Gasteiger partial charge in [0.25, 0.3) is 5.91 Å². The summed E-state index contributed by atoms with van der Waals surface area (Å²) in [5.41, 5.74) is 0. The van der Waals surface area contributed by atoms with Crippen LogP contribution < -0.4 is 0 Å². The van der Waals surface area contributed by atoms with Gasteiger partial charge in [0.05, 0.1) is 7.11 Å². The zero-order valence-corrected chi connectivity index (χ0v) is 10.4. The van der Waals surface area contributed by atoms with Crippen LogP contribution in [-0.4, -0.2) is 37.0 Å².